The van der Waals surface area contributed by atoms with Gasteiger partial charge in [0.25, 0.3) is 0 Å². The van der Waals surface area contributed by atoms with Crippen molar-refractivity contribution < 1.29 is 0 Å². The number of hydrogen-bond donors (Lipinski definition) is 1. The van der Waals surface area contributed by atoms with Gasteiger partial charge in [-0.3, -0.25) is 4.98 Å². The van der Waals surface area contributed by atoms with E-state index in [0.29, 0.717) is 11.5 Å². The Morgan fingerprint density at radius 2 is 2.21 bits per heavy atom. The minimum atomic E-state index is 0.417. The van der Waals surface area contributed by atoms with Crippen LogP contribution in [0.5, 0.6) is 0 Å². The molecule has 1 aromatic heterocycles. The van der Waals surface area contributed by atoms with E-state index in [-0.39, 0.29) is 0 Å². The second-order valence-corrected chi connectivity index (χ2v) is 5.81. The quantitative estimate of drug-likeness (QED) is 0.829. The standard InChI is InChI=1S/C11H20N2S/c1-9(10-7-12-8-14-10)13-6-5-11(2,3)4/h7-9,13H,5-6H2,1-4H3. The lowest BCUT2D eigenvalue weighted by atomic mass is 9.92. The molecule has 0 aliphatic rings. The maximum absolute atomic E-state index is 4.08. The fourth-order valence-corrected chi connectivity index (χ4v) is 1.86. The molecule has 3 heteroatoms. The van der Waals surface area contributed by atoms with Crippen molar-refractivity contribution in [3.63, 3.8) is 0 Å². The number of hydrogen-bond acceptors (Lipinski definition) is 3. The highest BCUT2D eigenvalue weighted by Gasteiger charge is 2.11. The normalized spacial score (nSPS) is 14.3. The molecule has 14 heavy (non-hydrogen) atoms. The van der Waals surface area contributed by atoms with Crippen LogP contribution in [0.15, 0.2) is 11.7 Å². The van der Waals surface area contributed by atoms with Crippen LogP contribution in [-0.2, 0) is 0 Å². The molecule has 1 heterocycles. The van der Waals surface area contributed by atoms with Gasteiger partial charge in [0, 0.05) is 17.1 Å². The maximum Gasteiger partial charge on any atom is 0.0794 e. The molecule has 0 saturated heterocycles. The summed E-state index contributed by atoms with van der Waals surface area (Å²) in [7, 11) is 0. The lowest BCUT2D eigenvalue weighted by Gasteiger charge is -2.20. The van der Waals surface area contributed by atoms with Crippen molar-refractivity contribution in [2.75, 3.05) is 6.54 Å². The van der Waals surface area contributed by atoms with Gasteiger partial charge in [-0.05, 0) is 25.3 Å². The molecule has 0 aromatic carbocycles. The Hall–Kier alpha value is -0.410. The summed E-state index contributed by atoms with van der Waals surface area (Å²) in [5, 5.41) is 3.51. The minimum Gasteiger partial charge on any atom is -0.309 e. The minimum absolute atomic E-state index is 0.417. The van der Waals surface area contributed by atoms with Crippen LogP contribution in [0.4, 0.5) is 0 Å². The molecule has 0 amide bonds. The van der Waals surface area contributed by atoms with Crippen LogP contribution in [0.2, 0.25) is 0 Å². The van der Waals surface area contributed by atoms with Crippen molar-refractivity contribution in [2.24, 2.45) is 5.41 Å². The highest BCUT2D eigenvalue weighted by Crippen LogP contribution is 2.19. The molecule has 2 nitrogen and oxygen atoms in total. The van der Waals surface area contributed by atoms with Crippen LogP contribution in [0.25, 0.3) is 0 Å². The first-order valence-electron chi connectivity index (χ1n) is 5.11. The fraction of sp³-hybridized carbons (Fsp3) is 0.727. The Kier molecular flexibility index (Phi) is 4.08. The molecule has 1 unspecified atom stereocenters. The summed E-state index contributed by atoms with van der Waals surface area (Å²) in [6.07, 6.45) is 3.15. The SMILES string of the molecule is CC(NCCC(C)(C)C)c1cncs1. The highest BCUT2D eigenvalue weighted by molar-refractivity contribution is 7.09. The van der Waals surface area contributed by atoms with Crippen molar-refractivity contribution in [1.82, 2.24) is 10.3 Å². The Balaban J connectivity index is 2.26. The largest absolute Gasteiger partial charge is 0.309 e. The third-order valence-corrected chi connectivity index (χ3v) is 3.16. The van der Waals surface area contributed by atoms with Crippen LogP contribution in [0, 0.1) is 5.41 Å². The molecule has 1 aromatic rings. The highest BCUT2D eigenvalue weighted by atomic mass is 32.1. The van der Waals surface area contributed by atoms with Gasteiger partial charge in [0.15, 0.2) is 0 Å². The molecule has 80 valence electrons. The van der Waals surface area contributed by atoms with E-state index in [1.165, 1.54) is 11.3 Å². The van der Waals surface area contributed by atoms with Gasteiger partial charge in [-0.1, -0.05) is 20.8 Å². The average Bonchev–Trinajstić information content (AvgIpc) is 2.53. The molecule has 1 N–H and O–H groups in total. The lowest BCUT2D eigenvalue weighted by Crippen LogP contribution is -2.23. The summed E-state index contributed by atoms with van der Waals surface area (Å²) in [6, 6.07) is 0.435. The maximum atomic E-state index is 4.08. The van der Waals surface area contributed by atoms with E-state index in [1.807, 2.05) is 11.7 Å². The van der Waals surface area contributed by atoms with E-state index in [0.717, 1.165) is 6.54 Å². The fourth-order valence-electron chi connectivity index (χ4n) is 1.20. The van der Waals surface area contributed by atoms with Crippen LogP contribution in [0.3, 0.4) is 0 Å². The summed E-state index contributed by atoms with van der Waals surface area (Å²) in [6.45, 7) is 10.1. The summed E-state index contributed by atoms with van der Waals surface area (Å²) in [4.78, 5) is 5.40. The molecule has 0 fully saturated rings. The molecule has 1 atom stereocenters. The Morgan fingerprint density at radius 1 is 1.50 bits per heavy atom. The monoisotopic (exact) mass is 212 g/mol. The van der Waals surface area contributed by atoms with Gasteiger partial charge in [-0.15, -0.1) is 11.3 Å². The number of thiazole rings is 1. The van der Waals surface area contributed by atoms with E-state index in [2.05, 4.69) is 38.0 Å². The molecule has 0 bridgehead atoms. The zero-order valence-corrected chi connectivity index (χ0v) is 10.3. The summed E-state index contributed by atoms with van der Waals surface area (Å²) in [5.41, 5.74) is 2.30. The Bertz CT molecular complexity index is 249. The van der Waals surface area contributed by atoms with Crippen LogP contribution in [0.1, 0.15) is 45.0 Å². The van der Waals surface area contributed by atoms with Gasteiger partial charge < -0.3 is 5.32 Å². The van der Waals surface area contributed by atoms with Gasteiger partial charge in [-0.2, -0.15) is 0 Å². The molecule has 0 saturated carbocycles. The van der Waals surface area contributed by atoms with Crippen LogP contribution in [-0.4, -0.2) is 11.5 Å². The second kappa shape index (κ2) is 4.89. The van der Waals surface area contributed by atoms with Gasteiger partial charge in [0.1, 0.15) is 0 Å². The topological polar surface area (TPSA) is 24.9 Å². The summed E-state index contributed by atoms with van der Waals surface area (Å²) >= 11 is 1.72. The summed E-state index contributed by atoms with van der Waals surface area (Å²) in [5.74, 6) is 0. The second-order valence-electron chi connectivity index (χ2n) is 4.89. The number of aromatic nitrogens is 1. The predicted octanol–water partition coefficient (Wildman–Crippen LogP) is 3.23. The Labute approximate surface area is 90.8 Å². The van der Waals surface area contributed by atoms with Crippen molar-refractivity contribution in [3.05, 3.63) is 16.6 Å². The summed E-state index contributed by atoms with van der Waals surface area (Å²) < 4.78 is 0. The first-order valence-corrected chi connectivity index (χ1v) is 5.99. The van der Waals surface area contributed by atoms with E-state index >= 15 is 0 Å². The number of nitrogens with zero attached hydrogens (tertiary/aromatic N) is 1. The molecule has 0 aliphatic carbocycles. The van der Waals surface area contributed by atoms with Crippen LogP contribution < -0.4 is 5.32 Å². The third kappa shape index (κ3) is 4.20. The zero-order valence-electron chi connectivity index (χ0n) is 9.50. The molecule has 1 rings (SSSR count). The zero-order chi connectivity index (χ0) is 10.6. The van der Waals surface area contributed by atoms with E-state index in [1.54, 1.807) is 11.3 Å². The molecule has 0 spiro atoms. The third-order valence-electron chi connectivity index (χ3n) is 2.20. The molecule has 0 aliphatic heterocycles. The predicted molar refractivity (Wildman–Crippen MR) is 62.6 cm³/mol. The first kappa shape index (κ1) is 11.7. The van der Waals surface area contributed by atoms with Crippen molar-refractivity contribution in [1.29, 1.82) is 0 Å². The van der Waals surface area contributed by atoms with Crippen LogP contribution >= 0.6 is 11.3 Å². The van der Waals surface area contributed by atoms with E-state index < -0.39 is 0 Å². The van der Waals surface area contributed by atoms with Crippen molar-refractivity contribution >= 4 is 11.3 Å². The Morgan fingerprint density at radius 3 is 2.71 bits per heavy atom. The average molecular weight is 212 g/mol. The van der Waals surface area contributed by atoms with Gasteiger partial charge in [0.2, 0.25) is 0 Å². The van der Waals surface area contributed by atoms with Gasteiger partial charge >= 0.3 is 0 Å². The lowest BCUT2D eigenvalue weighted by molar-refractivity contribution is 0.358. The molecular weight excluding hydrogens is 192 g/mol. The van der Waals surface area contributed by atoms with Gasteiger partial charge in [-0.25, -0.2) is 0 Å². The smallest absolute Gasteiger partial charge is 0.0794 e. The first-order chi connectivity index (χ1) is 6.49. The molecule has 0 radical (unpaired) electrons. The van der Waals surface area contributed by atoms with E-state index in [4.69, 9.17) is 0 Å². The number of nitrogens with one attached hydrogen (secondary N) is 1. The number of rotatable bonds is 4. The van der Waals surface area contributed by atoms with E-state index in [9.17, 15) is 0 Å². The van der Waals surface area contributed by atoms with Crippen molar-refractivity contribution in [3.8, 4) is 0 Å². The van der Waals surface area contributed by atoms with Crippen molar-refractivity contribution in [2.45, 2.75) is 40.2 Å². The van der Waals surface area contributed by atoms with Gasteiger partial charge in [0.05, 0.1) is 5.51 Å². The molecular formula is C11H20N2S.